The van der Waals surface area contributed by atoms with E-state index >= 15 is 0 Å². The Morgan fingerprint density at radius 2 is 1.75 bits per heavy atom. The van der Waals surface area contributed by atoms with Crippen LogP contribution in [0.1, 0.15) is 53.4 Å². The van der Waals surface area contributed by atoms with Gasteiger partial charge in [-0.05, 0) is 25.2 Å². The first-order chi connectivity index (χ1) is 7.43. The fourth-order valence-electron chi connectivity index (χ4n) is 1.52. The highest BCUT2D eigenvalue weighted by molar-refractivity contribution is 5.93. The summed E-state index contributed by atoms with van der Waals surface area (Å²) >= 11 is 0. The van der Waals surface area contributed by atoms with E-state index in [1.807, 2.05) is 0 Å². The van der Waals surface area contributed by atoms with Gasteiger partial charge in [0.1, 0.15) is 0 Å². The molecule has 4 nitrogen and oxygen atoms in total. The zero-order valence-electron chi connectivity index (χ0n) is 11.1. The van der Waals surface area contributed by atoms with E-state index in [0.29, 0.717) is 11.3 Å². The molecule has 0 aliphatic heterocycles. The molecular formula is C12H26N4. The lowest BCUT2D eigenvalue weighted by Crippen LogP contribution is -2.17. The van der Waals surface area contributed by atoms with Crippen molar-refractivity contribution < 1.29 is 0 Å². The molecule has 0 fully saturated rings. The first-order valence-corrected chi connectivity index (χ1v) is 6.04. The molecule has 0 saturated heterocycles. The van der Waals surface area contributed by atoms with Crippen molar-refractivity contribution in [1.82, 2.24) is 0 Å². The van der Waals surface area contributed by atoms with Gasteiger partial charge in [-0.3, -0.25) is 4.99 Å². The van der Waals surface area contributed by atoms with Crippen molar-refractivity contribution >= 4 is 11.8 Å². The van der Waals surface area contributed by atoms with Crippen molar-refractivity contribution in [3.63, 3.8) is 0 Å². The third-order valence-electron chi connectivity index (χ3n) is 3.21. The first kappa shape index (κ1) is 14.9. The van der Waals surface area contributed by atoms with Gasteiger partial charge in [0.05, 0.1) is 5.84 Å². The Kier molecular flexibility index (Phi) is 6.77. The number of hydrogen-bond donors (Lipinski definition) is 2. The molecule has 0 heterocycles. The van der Waals surface area contributed by atoms with E-state index in [0.717, 1.165) is 13.0 Å². The van der Waals surface area contributed by atoms with Crippen LogP contribution in [0.4, 0.5) is 0 Å². The summed E-state index contributed by atoms with van der Waals surface area (Å²) < 4.78 is 0. The van der Waals surface area contributed by atoms with E-state index in [2.05, 4.69) is 30.8 Å². The molecule has 0 unspecified atom stereocenters. The van der Waals surface area contributed by atoms with Gasteiger partial charge in [0.15, 0.2) is 0 Å². The van der Waals surface area contributed by atoms with Crippen LogP contribution in [0, 0.1) is 5.41 Å². The van der Waals surface area contributed by atoms with Crippen LogP contribution < -0.4 is 11.5 Å². The molecule has 0 aromatic heterocycles. The Balaban J connectivity index is 3.96. The van der Waals surface area contributed by atoms with Gasteiger partial charge < -0.3 is 11.5 Å². The van der Waals surface area contributed by atoms with Gasteiger partial charge in [-0.1, -0.05) is 33.6 Å². The molecule has 0 aliphatic carbocycles. The predicted octanol–water partition coefficient (Wildman–Crippen LogP) is 2.28. The summed E-state index contributed by atoms with van der Waals surface area (Å²) in [5.41, 5.74) is 11.4. The quantitative estimate of drug-likeness (QED) is 0.414. The number of aliphatic imine (C=N–C) groups is 2. The Hall–Kier alpha value is -1.06. The van der Waals surface area contributed by atoms with E-state index < -0.39 is 0 Å². The van der Waals surface area contributed by atoms with Crippen molar-refractivity contribution in [3.8, 4) is 0 Å². The van der Waals surface area contributed by atoms with Gasteiger partial charge in [-0.25, -0.2) is 4.99 Å². The Morgan fingerprint density at radius 3 is 2.19 bits per heavy atom. The molecule has 0 aromatic rings. The maximum Gasteiger partial charge on any atom is 0.216 e. The normalized spacial score (nSPS) is 14.2. The highest BCUT2D eigenvalue weighted by atomic mass is 15.1. The summed E-state index contributed by atoms with van der Waals surface area (Å²) in [5, 5.41) is 0. The van der Waals surface area contributed by atoms with Crippen LogP contribution in [0.3, 0.4) is 0 Å². The number of rotatable bonds is 6. The van der Waals surface area contributed by atoms with E-state index in [1.165, 1.54) is 19.3 Å². The standard InChI is InChI=1S/C12H26N4/c1-5-12(4,6-2)8-7-9-15-11(14)16-10(3)13/h5-9H2,1-4H3,(H4,13,14,15,16). The van der Waals surface area contributed by atoms with Crippen molar-refractivity contribution in [2.45, 2.75) is 53.4 Å². The van der Waals surface area contributed by atoms with Crippen molar-refractivity contribution in [2.24, 2.45) is 26.9 Å². The lowest BCUT2D eigenvalue weighted by atomic mass is 9.80. The van der Waals surface area contributed by atoms with Crippen molar-refractivity contribution in [3.05, 3.63) is 0 Å². The SMILES string of the molecule is CCC(C)(CC)CCCN=C(N)/N=C(/C)N. The summed E-state index contributed by atoms with van der Waals surface area (Å²) in [6.45, 7) is 9.24. The van der Waals surface area contributed by atoms with E-state index in [4.69, 9.17) is 11.5 Å². The van der Waals surface area contributed by atoms with Crippen LogP contribution >= 0.6 is 0 Å². The molecule has 0 saturated carbocycles. The van der Waals surface area contributed by atoms with Gasteiger partial charge in [0.2, 0.25) is 5.96 Å². The Labute approximate surface area is 99.2 Å². The molecule has 0 aromatic carbocycles. The van der Waals surface area contributed by atoms with E-state index in [-0.39, 0.29) is 5.96 Å². The molecule has 0 spiro atoms. The number of nitrogens with zero attached hydrogens (tertiary/aromatic N) is 2. The zero-order valence-corrected chi connectivity index (χ0v) is 11.1. The Morgan fingerprint density at radius 1 is 1.19 bits per heavy atom. The molecule has 0 radical (unpaired) electrons. The van der Waals surface area contributed by atoms with Gasteiger partial charge in [-0.2, -0.15) is 0 Å². The molecule has 0 atom stereocenters. The average Bonchev–Trinajstić information content (AvgIpc) is 2.23. The second-order valence-corrected chi connectivity index (χ2v) is 4.61. The highest BCUT2D eigenvalue weighted by Gasteiger charge is 2.18. The van der Waals surface area contributed by atoms with E-state index in [9.17, 15) is 0 Å². The number of amidine groups is 1. The predicted molar refractivity (Wildman–Crippen MR) is 71.7 cm³/mol. The van der Waals surface area contributed by atoms with Gasteiger partial charge in [0, 0.05) is 6.54 Å². The fourth-order valence-corrected chi connectivity index (χ4v) is 1.52. The minimum Gasteiger partial charge on any atom is -0.387 e. The molecule has 4 N–H and O–H groups in total. The topological polar surface area (TPSA) is 76.8 Å². The lowest BCUT2D eigenvalue weighted by molar-refractivity contribution is 0.267. The van der Waals surface area contributed by atoms with Crippen molar-refractivity contribution in [2.75, 3.05) is 6.54 Å². The molecule has 94 valence electrons. The van der Waals surface area contributed by atoms with Crippen LogP contribution in [0.15, 0.2) is 9.98 Å². The molecule has 16 heavy (non-hydrogen) atoms. The maximum atomic E-state index is 5.57. The minimum atomic E-state index is 0.287. The van der Waals surface area contributed by atoms with Crippen LogP contribution in [0.2, 0.25) is 0 Å². The molecule has 4 heteroatoms. The molecule has 0 amide bonds. The van der Waals surface area contributed by atoms with Gasteiger partial charge >= 0.3 is 0 Å². The second kappa shape index (κ2) is 7.25. The molecule has 0 bridgehead atoms. The number of hydrogen-bond acceptors (Lipinski definition) is 1. The lowest BCUT2D eigenvalue weighted by Gasteiger charge is -2.26. The first-order valence-electron chi connectivity index (χ1n) is 6.04. The van der Waals surface area contributed by atoms with Crippen LogP contribution in [-0.4, -0.2) is 18.3 Å². The van der Waals surface area contributed by atoms with Crippen LogP contribution in [-0.2, 0) is 0 Å². The fraction of sp³-hybridized carbons (Fsp3) is 0.833. The highest BCUT2D eigenvalue weighted by Crippen LogP contribution is 2.30. The third kappa shape index (κ3) is 6.43. The summed E-state index contributed by atoms with van der Waals surface area (Å²) in [4.78, 5) is 8.04. The summed E-state index contributed by atoms with van der Waals surface area (Å²) in [5.74, 6) is 0.739. The van der Waals surface area contributed by atoms with Crippen LogP contribution in [0.25, 0.3) is 0 Å². The average molecular weight is 226 g/mol. The summed E-state index contributed by atoms with van der Waals surface area (Å²) in [7, 11) is 0. The van der Waals surface area contributed by atoms with Crippen LogP contribution in [0.5, 0.6) is 0 Å². The van der Waals surface area contributed by atoms with Gasteiger partial charge in [0.25, 0.3) is 0 Å². The van der Waals surface area contributed by atoms with Crippen molar-refractivity contribution in [1.29, 1.82) is 0 Å². The monoisotopic (exact) mass is 226 g/mol. The number of nitrogens with two attached hydrogens (primary N) is 2. The Bertz CT molecular complexity index is 248. The third-order valence-corrected chi connectivity index (χ3v) is 3.21. The smallest absolute Gasteiger partial charge is 0.216 e. The minimum absolute atomic E-state index is 0.287. The van der Waals surface area contributed by atoms with E-state index in [1.54, 1.807) is 6.92 Å². The summed E-state index contributed by atoms with van der Waals surface area (Å²) in [6.07, 6.45) is 4.66. The molecular weight excluding hydrogens is 200 g/mol. The largest absolute Gasteiger partial charge is 0.387 e. The summed E-state index contributed by atoms with van der Waals surface area (Å²) in [6, 6.07) is 0. The molecule has 0 rings (SSSR count). The second-order valence-electron chi connectivity index (χ2n) is 4.61. The molecule has 0 aliphatic rings. The number of guanidine groups is 1. The maximum absolute atomic E-state index is 5.57. The zero-order chi connectivity index (χ0) is 12.6. The van der Waals surface area contributed by atoms with Gasteiger partial charge in [-0.15, -0.1) is 0 Å².